The van der Waals surface area contributed by atoms with Gasteiger partial charge in [-0.15, -0.1) is 0 Å². The van der Waals surface area contributed by atoms with E-state index < -0.39 is 5.82 Å². The lowest BCUT2D eigenvalue weighted by atomic mass is 10.2. The summed E-state index contributed by atoms with van der Waals surface area (Å²) in [5, 5.41) is 0. The van der Waals surface area contributed by atoms with Crippen LogP contribution in [0.15, 0.2) is 48.7 Å². The normalized spacial score (nSPS) is 14.1. The summed E-state index contributed by atoms with van der Waals surface area (Å²) in [5.74, 6) is 0.127. The number of amides is 2. The molecular formula is C20H23FN4O2. The molecule has 3 rings (SSSR count). The molecule has 0 aliphatic carbocycles. The number of carbonyl (C=O) groups is 2. The highest BCUT2D eigenvalue weighted by Crippen LogP contribution is 2.19. The summed E-state index contributed by atoms with van der Waals surface area (Å²) in [6.45, 7) is 4.18. The van der Waals surface area contributed by atoms with Crippen LogP contribution in [0.25, 0.3) is 0 Å². The number of anilines is 2. The largest absolute Gasteiger partial charge is 0.353 e. The molecule has 6 nitrogen and oxygen atoms in total. The molecule has 2 aromatic rings. The summed E-state index contributed by atoms with van der Waals surface area (Å²) in [4.78, 5) is 34.0. The van der Waals surface area contributed by atoms with Gasteiger partial charge in [0.2, 0.25) is 11.8 Å². The van der Waals surface area contributed by atoms with Gasteiger partial charge in [-0.2, -0.15) is 0 Å². The van der Waals surface area contributed by atoms with Crippen LogP contribution in [-0.4, -0.2) is 54.4 Å². The Morgan fingerprint density at radius 3 is 2.41 bits per heavy atom. The van der Waals surface area contributed by atoms with Gasteiger partial charge in [-0.1, -0.05) is 18.2 Å². The van der Waals surface area contributed by atoms with Crippen LogP contribution < -0.4 is 9.80 Å². The van der Waals surface area contributed by atoms with Gasteiger partial charge in [0.1, 0.15) is 11.6 Å². The predicted octanol–water partition coefficient (Wildman–Crippen LogP) is 2.31. The fourth-order valence-electron chi connectivity index (χ4n) is 3.21. The lowest BCUT2D eigenvalue weighted by Gasteiger charge is -2.35. The zero-order valence-electron chi connectivity index (χ0n) is 15.3. The average Bonchev–Trinajstić information content (AvgIpc) is 2.70. The van der Waals surface area contributed by atoms with Crippen LogP contribution in [0.3, 0.4) is 0 Å². The molecule has 0 radical (unpaired) electrons. The molecule has 1 aliphatic heterocycles. The van der Waals surface area contributed by atoms with E-state index in [-0.39, 0.29) is 30.5 Å². The molecule has 0 N–H and O–H groups in total. The molecule has 0 atom stereocenters. The van der Waals surface area contributed by atoms with Crippen LogP contribution in [0.1, 0.15) is 13.3 Å². The molecule has 1 aromatic carbocycles. The predicted molar refractivity (Wildman–Crippen MR) is 102 cm³/mol. The van der Waals surface area contributed by atoms with Gasteiger partial charge in [0.15, 0.2) is 0 Å². The SMILES string of the molecule is CC(=O)N(CCC(=O)N1CCN(c2ccccn2)CC1)c1ccccc1F. The third kappa shape index (κ3) is 4.61. The first-order chi connectivity index (χ1) is 13.1. The smallest absolute Gasteiger partial charge is 0.224 e. The monoisotopic (exact) mass is 370 g/mol. The number of hydrogen-bond donors (Lipinski definition) is 0. The van der Waals surface area contributed by atoms with E-state index in [1.54, 1.807) is 29.3 Å². The third-order valence-electron chi connectivity index (χ3n) is 4.68. The van der Waals surface area contributed by atoms with E-state index in [2.05, 4.69) is 9.88 Å². The van der Waals surface area contributed by atoms with E-state index in [1.807, 2.05) is 18.2 Å². The molecule has 0 saturated carbocycles. The van der Waals surface area contributed by atoms with Crippen molar-refractivity contribution in [3.05, 3.63) is 54.5 Å². The molecule has 2 heterocycles. The number of pyridine rings is 1. The molecular weight excluding hydrogens is 347 g/mol. The van der Waals surface area contributed by atoms with E-state index >= 15 is 0 Å². The van der Waals surface area contributed by atoms with E-state index in [0.717, 1.165) is 5.82 Å². The van der Waals surface area contributed by atoms with Crippen molar-refractivity contribution in [2.45, 2.75) is 13.3 Å². The van der Waals surface area contributed by atoms with Crippen molar-refractivity contribution in [1.29, 1.82) is 0 Å². The second-order valence-electron chi connectivity index (χ2n) is 6.43. The minimum Gasteiger partial charge on any atom is -0.353 e. The zero-order chi connectivity index (χ0) is 19.2. The highest BCUT2D eigenvalue weighted by molar-refractivity contribution is 5.92. The number of carbonyl (C=O) groups excluding carboxylic acids is 2. The Kier molecular flexibility index (Phi) is 6.01. The van der Waals surface area contributed by atoms with Crippen molar-refractivity contribution in [3.63, 3.8) is 0 Å². The number of benzene rings is 1. The van der Waals surface area contributed by atoms with Gasteiger partial charge in [0, 0.05) is 52.3 Å². The van der Waals surface area contributed by atoms with Crippen molar-refractivity contribution >= 4 is 23.3 Å². The summed E-state index contributed by atoms with van der Waals surface area (Å²) in [5.41, 5.74) is 0.206. The van der Waals surface area contributed by atoms with Crippen LogP contribution >= 0.6 is 0 Å². The van der Waals surface area contributed by atoms with Crippen LogP contribution in [0.5, 0.6) is 0 Å². The minimum atomic E-state index is -0.468. The van der Waals surface area contributed by atoms with Gasteiger partial charge in [0.25, 0.3) is 0 Å². The fourth-order valence-corrected chi connectivity index (χ4v) is 3.21. The van der Waals surface area contributed by atoms with Gasteiger partial charge >= 0.3 is 0 Å². The van der Waals surface area contributed by atoms with E-state index in [1.165, 1.54) is 17.9 Å². The summed E-state index contributed by atoms with van der Waals surface area (Å²) >= 11 is 0. The van der Waals surface area contributed by atoms with Crippen LogP contribution in [-0.2, 0) is 9.59 Å². The minimum absolute atomic E-state index is 0.0294. The van der Waals surface area contributed by atoms with Gasteiger partial charge in [-0.25, -0.2) is 9.37 Å². The second-order valence-corrected chi connectivity index (χ2v) is 6.43. The zero-order valence-corrected chi connectivity index (χ0v) is 15.3. The highest BCUT2D eigenvalue weighted by atomic mass is 19.1. The fraction of sp³-hybridized carbons (Fsp3) is 0.350. The number of hydrogen-bond acceptors (Lipinski definition) is 4. The third-order valence-corrected chi connectivity index (χ3v) is 4.68. The van der Waals surface area contributed by atoms with E-state index in [0.29, 0.717) is 26.2 Å². The molecule has 2 amide bonds. The first kappa shape index (κ1) is 18.8. The number of para-hydroxylation sites is 1. The number of halogens is 1. The maximum Gasteiger partial charge on any atom is 0.224 e. The van der Waals surface area contributed by atoms with E-state index in [4.69, 9.17) is 0 Å². The summed E-state index contributed by atoms with van der Waals surface area (Å²) < 4.78 is 14.0. The Labute approximate surface area is 158 Å². The molecule has 0 unspecified atom stereocenters. The second kappa shape index (κ2) is 8.62. The van der Waals surface area contributed by atoms with Gasteiger partial charge < -0.3 is 14.7 Å². The Morgan fingerprint density at radius 1 is 1.07 bits per heavy atom. The summed E-state index contributed by atoms with van der Waals surface area (Å²) in [6.07, 6.45) is 1.92. The van der Waals surface area contributed by atoms with Crippen molar-refractivity contribution in [1.82, 2.24) is 9.88 Å². The highest BCUT2D eigenvalue weighted by Gasteiger charge is 2.23. The number of piperazine rings is 1. The van der Waals surface area contributed by atoms with Crippen molar-refractivity contribution in [2.75, 3.05) is 42.5 Å². The number of rotatable bonds is 5. The lowest BCUT2D eigenvalue weighted by molar-refractivity contribution is -0.131. The molecule has 1 saturated heterocycles. The number of nitrogens with zero attached hydrogens (tertiary/aromatic N) is 4. The Bertz CT molecular complexity index is 792. The van der Waals surface area contributed by atoms with Gasteiger partial charge in [0.05, 0.1) is 5.69 Å². The molecule has 142 valence electrons. The quantitative estimate of drug-likeness (QED) is 0.811. The molecule has 0 bridgehead atoms. The van der Waals surface area contributed by atoms with Crippen molar-refractivity contribution in [3.8, 4) is 0 Å². The van der Waals surface area contributed by atoms with E-state index in [9.17, 15) is 14.0 Å². The van der Waals surface area contributed by atoms with Gasteiger partial charge in [-0.05, 0) is 24.3 Å². The average molecular weight is 370 g/mol. The molecule has 1 aliphatic rings. The Morgan fingerprint density at radius 2 is 1.78 bits per heavy atom. The van der Waals surface area contributed by atoms with Crippen molar-refractivity contribution < 1.29 is 14.0 Å². The first-order valence-electron chi connectivity index (χ1n) is 9.02. The summed E-state index contributed by atoms with van der Waals surface area (Å²) in [7, 11) is 0. The topological polar surface area (TPSA) is 56.8 Å². The van der Waals surface area contributed by atoms with Crippen LogP contribution in [0, 0.1) is 5.82 Å². The maximum absolute atomic E-state index is 14.0. The van der Waals surface area contributed by atoms with Crippen LogP contribution in [0.2, 0.25) is 0 Å². The summed E-state index contributed by atoms with van der Waals surface area (Å²) in [6, 6.07) is 11.9. The Hall–Kier alpha value is -2.96. The van der Waals surface area contributed by atoms with Crippen molar-refractivity contribution in [2.24, 2.45) is 0 Å². The molecule has 1 fully saturated rings. The lowest BCUT2D eigenvalue weighted by Crippen LogP contribution is -2.49. The number of aromatic nitrogens is 1. The molecule has 1 aromatic heterocycles. The maximum atomic E-state index is 14.0. The van der Waals surface area contributed by atoms with Gasteiger partial charge in [-0.3, -0.25) is 9.59 Å². The Balaban J connectivity index is 1.55. The van der Waals surface area contributed by atoms with Crippen LogP contribution in [0.4, 0.5) is 15.9 Å². The first-order valence-corrected chi connectivity index (χ1v) is 9.02. The molecule has 27 heavy (non-hydrogen) atoms. The molecule has 7 heteroatoms. The standard InChI is InChI=1S/C20H23FN4O2/c1-16(26)25(18-7-3-2-6-17(18)21)11-9-20(27)24-14-12-23(13-15-24)19-8-4-5-10-22-19/h2-8,10H,9,11-15H2,1H3. The molecule has 0 spiro atoms.